The standard InChI is InChI=1S/C22H29NO7P2S/c1-5-27-31(24,28-6-2)22(32(25,29-7-3)30-8-4)18(16-17-12-11-15-26-17)21-23-19-13-9-10-14-20(19)33-21/h9-16,22H,5-8H2,1-4H3. The van der Waals surface area contributed by atoms with Gasteiger partial charge in [0.15, 0.2) is 5.40 Å². The van der Waals surface area contributed by atoms with E-state index in [1.807, 2.05) is 24.3 Å². The SMILES string of the molecule is CCOP(=O)(OCC)C(C(=Cc1ccco1)c1nc2ccccc2s1)P(=O)(OCC)OCC. The molecule has 0 radical (unpaired) electrons. The molecule has 0 bridgehead atoms. The van der Waals surface area contributed by atoms with Crippen LogP contribution >= 0.6 is 26.5 Å². The molecule has 0 atom stereocenters. The van der Waals surface area contributed by atoms with Crippen molar-refractivity contribution in [3.63, 3.8) is 0 Å². The summed E-state index contributed by atoms with van der Waals surface area (Å²) >= 11 is 1.37. The van der Waals surface area contributed by atoms with Gasteiger partial charge in [-0.3, -0.25) is 9.13 Å². The number of aromatic nitrogens is 1. The highest BCUT2D eigenvalue weighted by atomic mass is 32.1. The maximum atomic E-state index is 14.2. The molecule has 11 heteroatoms. The summed E-state index contributed by atoms with van der Waals surface area (Å²) < 4.78 is 57.5. The zero-order valence-electron chi connectivity index (χ0n) is 19.1. The predicted molar refractivity (Wildman–Crippen MR) is 132 cm³/mol. The van der Waals surface area contributed by atoms with Crippen molar-refractivity contribution in [1.82, 2.24) is 4.98 Å². The Balaban J connectivity index is 2.33. The fraction of sp³-hybridized carbons (Fsp3) is 0.409. The van der Waals surface area contributed by atoms with Crippen molar-refractivity contribution in [3.8, 4) is 0 Å². The molecule has 0 aliphatic carbocycles. The fourth-order valence-corrected chi connectivity index (χ4v) is 9.96. The first-order valence-corrected chi connectivity index (χ1v) is 14.8. The van der Waals surface area contributed by atoms with E-state index in [4.69, 9.17) is 27.5 Å². The van der Waals surface area contributed by atoms with Gasteiger partial charge in [0.25, 0.3) is 0 Å². The highest BCUT2D eigenvalue weighted by Gasteiger charge is 2.54. The van der Waals surface area contributed by atoms with E-state index in [9.17, 15) is 9.13 Å². The van der Waals surface area contributed by atoms with E-state index in [2.05, 4.69) is 0 Å². The van der Waals surface area contributed by atoms with Gasteiger partial charge in [0.1, 0.15) is 10.8 Å². The minimum absolute atomic E-state index is 0.0832. The van der Waals surface area contributed by atoms with E-state index in [0.717, 1.165) is 10.2 Å². The van der Waals surface area contributed by atoms with Gasteiger partial charge in [-0.1, -0.05) is 12.1 Å². The van der Waals surface area contributed by atoms with Crippen molar-refractivity contribution in [2.45, 2.75) is 33.1 Å². The lowest BCUT2D eigenvalue weighted by molar-refractivity contribution is 0.201. The van der Waals surface area contributed by atoms with Crippen LogP contribution in [0, 0.1) is 0 Å². The summed E-state index contributed by atoms with van der Waals surface area (Å²) in [6, 6.07) is 11.1. The van der Waals surface area contributed by atoms with E-state index in [1.165, 1.54) is 17.6 Å². The first-order valence-electron chi connectivity index (χ1n) is 10.8. The molecule has 1 aromatic carbocycles. The van der Waals surface area contributed by atoms with Crippen molar-refractivity contribution in [1.29, 1.82) is 0 Å². The Kier molecular flexibility index (Phi) is 9.25. The number of rotatable bonds is 13. The Hall–Kier alpha value is -1.57. The topological polar surface area (TPSA) is 97.1 Å². The summed E-state index contributed by atoms with van der Waals surface area (Å²) in [5.41, 5.74) is 1.11. The molecule has 0 saturated carbocycles. The third kappa shape index (κ3) is 5.92. The Morgan fingerprint density at radius 2 is 1.52 bits per heavy atom. The quantitative estimate of drug-likeness (QED) is 0.220. The normalized spacial score (nSPS) is 13.3. The van der Waals surface area contributed by atoms with Crippen LogP contribution in [0.25, 0.3) is 21.9 Å². The number of nitrogens with zero attached hydrogens (tertiary/aromatic N) is 1. The molecule has 8 nitrogen and oxygen atoms in total. The zero-order chi connectivity index (χ0) is 23.9. The second-order valence-corrected chi connectivity index (χ2v) is 12.4. The van der Waals surface area contributed by atoms with Crippen LogP contribution in [0.2, 0.25) is 0 Å². The molecular weight excluding hydrogens is 484 g/mol. The minimum atomic E-state index is -4.05. The summed E-state index contributed by atoms with van der Waals surface area (Å²) in [6.45, 7) is 7.12. The molecule has 2 heterocycles. The number of fused-ring (bicyclic) bond motifs is 1. The van der Waals surface area contributed by atoms with Crippen LogP contribution in [0.15, 0.2) is 47.1 Å². The average Bonchev–Trinajstić information content (AvgIpc) is 3.43. The van der Waals surface area contributed by atoms with Crippen molar-refractivity contribution in [2.75, 3.05) is 26.4 Å². The molecule has 2 aromatic heterocycles. The number of hydrogen-bond donors (Lipinski definition) is 0. The maximum absolute atomic E-state index is 14.2. The smallest absolute Gasteiger partial charge is 0.350 e. The van der Waals surface area contributed by atoms with E-state index < -0.39 is 20.6 Å². The Bertz CT molecular complexity index is 1080. The number of furan rings is 1. The molecule has 0 unspecified atom stereocenters. The van der Waals surface area contributed by atoms with Crippen molar-refractivity contribution in [2.24, 2.45) is 0 Å². The molecule has 33 heavy (non-hydrogen) atoms. The van der Waals surface area contributed by atoms with Gasteiger partial charge in [-0.2, -0.15) is 0 Å². The predicted octanol–water partition coefficient (Wildman–Crippen LogP) is 7.29. The van der Waals surface area contributed by atoms with Gasteiger partial charge >= 0.3 is 15.2 Å². The molecule has 0 saturated heterocycles. The van der Waals surface area contributed by atoms with Crippen LogP contribution < -0.4 is 0 Å². The summed E-state index contributed by atoms with van der Waals surface area (Å²) in [6.07, 6.45) is 3.17. The number of hydrogen-bond acceptors (Lipinski definition) is 9. The second-order valence-electron chi connectivity index (χ2n) is 6.73. The Labute approximate surface area is 198 Å². The van der Waals surface area contributed by atoms with Crippen molar-refractivity contribution >= 4 is 48.4 Å². The first-order chi connectivity index (χ1) is 15.9. The van der Waals surface area contributed by atoms with Crippen LogP contribution in [0.1, 0.15) is 38.5 Å². The highest BCUT2D eigenvalue weighted by Crippen LogP contribution is 2.74. The molecule has 3 aromatic rings. The van der Waals surface area contributed by atoms with E-state index >= 15 is 0 Å². The van der Waals surface area contributed by atoms with Gasteiger partial charge in [0.05, 0.1) is 42.9 Å². The third-order valence-electron chi connectivity index (χ3n) is 4.50. The third-order valence-corrected chi connectivity index (χ3v) is 11.5. The first kappa shape index (κ1) is 26.0. The molecule has 0 fully saturated rings. The van der Waals surface area contributed by atoms with Gasteiger partial charge in [-0.25, -0.2) is 4.98 Å². The van der Waals surface area contributed by atoms with Gasteiger partial charge in [0, 0.05) is 5.57 Å². The average molecular weight is 513 g/mol. The maximum Gasteiger partial charge on any atom is 0.350 e. The van der Waals surface area contributed by atoms with Crippen molar-refractivity contribution < 1.29 is 31.6 Å². The zero-order valence-corrected chi connectivity index (χ0v) is 21.7. The summed E-state index contributed by atoms with van der Waals surface area (Å²) in [5, 5.41) is -0.868. The molecule has 3 rings (SSSR count). The number of allylic oxidation sites excluding steroid dienone is 1. The molecule has 0 amide bonds. The second kappa shape index (κ2) is 11.7. The lowest BCUT2D eigenvalue weighted by Crippen LogP contribution is -2.19. The molecular formula is C22H29NO7P2S. The molecule has 0 aliphatic heterocycles. The van der Waals surface area contributed by atoms with Gasteiger partial charge in [-0.05, 0) is 58.0 Å². The monoisotopic (exact) mass is 513 g/mol. The van der Waals surface area contributed by atoms with Crippen LogP contribution in [0.3, 0.4) is 0 Å². The summed E-state index contributed by atoms with van der Waals surface area (Å²) in [7, 11) is -8.10. The minimum Gasteiger partial charge on any atom is -0.465 e. The largest absolute Gasteiger partial charge is 0.465 e. The van der Waals surface area contributed by atoms with Crippen LogP contribution in [-0.4, -0.2) is 36.8 Å². The molecule has 0 spiro atoms. The van der Waals surface area contributed by atoms with Crippen LogP contribution in [0.5, 0.6) is 0 Å². The lowest BCUT2D eigenvalue weighted by atomic mass is 10.2. The van der Waals surface area contributed by atoms with E-state index in [-0.39, 0.29) is 26.4 Å². The van der Waals surface area contributed by atoms with E-state index in [1.54, 1.807) is 45.9 Å². The van der Waals surface area contributed by atoms with Gasteiger partial charge in [0.2, 0.25) is 0 Å². The van der Waals surface area contributed by atoms with Gasteiger partial charge in [-0.15, -0.1) is 11.3 Å². The highest BCUT2D eigenvalue weighted by molar-refractivity contribution is 7.73. The summed E-state index contributed by atoms with van der Waals surface area (Å²) in [5.74, 6) is 0.466. The van der Waals surface area contributed by atoms with Gasteiger partial charge < -0.3 is 22.5 Å². The number of benzene rings is 1. The Morgan fingerprint density at radius 1 is 0.939 bits per heavy atom. The molecule has 0 aliphatic rings. The molecule has 180 valence electrons. The Morgan fingerprint density at radius 3 is 2.00 bits per heavy atom. The number of thiazole rings is 1. The summed E-state index contributed by atoms with van der Waals surface area (Å²) in [4.78, 5) is 4.73. The van der Waals surface area contributed by atoms with Crippen LogP contribution in [-0.2, 0) is 27.2 Å². The number of para-hydroxylation sites is 1. The van der Waals surface area contributed by atoms with Crippen molar-refractivity contribution in [3.05, 3.63) is 53.4 Å². The lowest BCUT2D eigenvalue weighted by Gasteiger charge is -2.32. The van der Waals surface area contributed by atoms with E-state index in [0.29, 0.717) is 16.3 Å². The fourth-order valence-electron chi connectivity index (χ4n) is 3.36. The van der Waals surface area contributed by atoms with Crippen LogP contribution in [0.4, 0.5) is 0 Å². The molecule has 0 N–H and O–H groups in total.